The molecule has 0 amide bonds. The second kappa shape index (κ2) is 6.18. The average Bonchev–Trinajstić information content (AvgIpc) is 3.14. The number of fused-ring (bicyclic) bond motifs is 1. The fourth-order valence-electron chi connectivity index (χ4n) is 3.04. The Morgan fingerprint density at radius 3 is 2.82 bits per heavy atom. The summed E-state index contributed by atoms with van der Waals surface area (Å²) in [5.74, 6) is 2.22. The molecule has 0 spiro atoms. The first-order valence-corrected chi connectivity index (χ1v) is 7.79. The van der Waals surface area contributed by atoms with Crippen LogP contribution in [0, 0.1) is 11.8 Å². The highest BCUT2D eigenvalue weighted by Gasteiger charge is 2.27. The zero-order chi connectivity index (χ0) is 15.7. The lowest BCUT2D eigenvalue weighted by molar-refractivity contribution is 0.0820. The van der Waals surface area contributed by atoms with Crippen LogP contribution in [-0.2, 0) is 6.54 Å². The zero-order valence-electron chi connectivity index (χ0n) is 13.1. The number of anilines is 1. The standard InChI is InChI=1S/C15H23N5O2/c1-10(2)11-3-4-19(5-11)14-13-15(17-8-16-14)20(9-18-13)6-12(22)7-21/h8-12,21-22H,3-7H2,1-2H3/t11?,12-/m0/s1. The van der Waals surface area contributed by atoms with Crippen molar-refractivity contribution in [3.63, 3.8) is 0 Å². The summed E-state index contributed by atoms with van der Waals surface area (Å²) in [6.45, 7) is 6.50. The molecule has 120 valence electrons. The van der Waals surface area contributed by atoms with Crippen LogP contribution in [0.15, 0.2) is 12.7 Å². The molecular weight excluding hydrogens is 282 g/mol. The van der Waals surface area contributed by atoms with Gasteiger partial charge < -0.3 is 19.7 Å². The van der Waals surface area contributed by atoms with Gasteiger partial charge in [-0.3, -0.25) is 0 Å². The first kappa shape index (κ1) is 15.2. The molecule has 2 aromatic heterocycles. The Morgan fingerprint density at radius 2 is 2.14 bits per heavy atom. The van der Waals surface area contributed by atoms with Crippen molar-refractivity contribution in [3.8, 4) is 0 Å². The molecule has 2 aromatic rings. The van der Waals surface area contributed by atoms with Crippen LogP contribution in [0.5, 0.6) is 0 Å². The molecule has 7 nitrogen and oxygen atoms in total. The van der Waals surface area contributed by atoms with E-state index in [-0.39, 0.29) is 13.2 Å². The van der Waals surface area contributed by atoms with Gasteiger partial charge in [0.1, 0.15) is 6.33 Å². The van der Waals surface area contributed by atoms with E-state index in [0.29, 0.717) is 17.5 Å². The summed E-state index contributed by atoms with van der Waals surface area (Å²) in [7, 11) is 0. The molecule has 2 N–H and O–H groups in total. The van der Waals surface area contributed by atoms with Crippen LogP contribution in [0.4, 0.5) is 5.82 Å². The third kappa shape index (κ3) is 2.78. The molecule has 1 fully saturated rings. The molecule has 0 aromatic carbocycles. The Morgan fingerprint density at radius 1 is 1.32 bits per heavy atom. The molecule has 1 aliphatic heterocycles. The van der Waals surface area contributed by atoms with Crippen LogP contribution in [0.2, 0.25) is 0 Å². The topological polar surface area (TPSA) is 87.3 Å². The van der Waals surface area contributed by atoms with Crippen molar-refractivity contribution in [2.75, 3.05) is 24.6 Å². The van der Waals surface area contributed by atoms with Gasteiger partial charge in [-0.2, -0.15) is 0 Å². The van der Waals surface area contributed by atoms with Gasteiger partial charge in [0.15, 0.2) is 17.0 Å². The normalized spacial score (nSPS) is 20.2. The fraction of sp³-hybridized carbons (Fsp3) is 0.667. The van der Waals surface area contributed by atoms with E-state index in [1.54, 1.807) is 17.2 Å². The lowest BCUT2D eigenvalue weighted by Crippen LogP contribution is -2.23. The summed E-state index contributed by atoms with van der Waals surface area (Å²) >= 11 is 0. The predicted molar refractivity (Wildman–Crippen MR) is 83.6 cm³/mol. The minimum absolute atomic E-state index is 0.276. The van der Waals surface area contributed by atoms with Gasteiger partial charge in [-0.1, -0.05) is 13.8 Å². The van der Waals surface area contributed by atoms with Crippen molar-refractivity contribution in [2.24, 2.45) is 11.8 Å². The first-order chi connectivity index (χ1) is 10.6. The number of aromatic nitrogens is 4. The Hall–Kier alpha value is -1.73. The average molecular weight is 305 g/mol. The Kier molecular flexibility index (Phi) is 4.26. The minimum Gasteiger partial charge on any atom is -0.394 e. The van der Waals surface area contributed by atoms with Gasteiger partial charge >= 0.3 is 0 Å². The smallest absolute Gasteiger partial charge is 0.165 e. The lowest BCUT2D eigenvalue weighted by atomic mass is 9.95. The maximum absolute atomic E-state index is 9.61. The number of rotatable bonds is 5. The molecule has 3 rings (SSSR count). The number of aliphatic hydroxyl groups is 2. The maximum atomic E-state index is 9.61. The molecule has 1 unspecified atom stereocenters. The second-order valence-corrected chi connectivity index (χ2v) is 6.34. The van der Waals surface area contributed by atoms with Crippen molar-refractivity contribution in [1.82, 2.24) is 19.5 Å². The van der Waals surface area contributed by atoms with E-state index < -0.39 is 6.10 Å². The third-order valence-electron chi connectivity index (χ3n) is 4.47. The van der Waals surface area contributed by atoms with Crippen LogP contribution in [0.1, 0.15) is 20.3 Å². The largest absolute Gasteiger partial charge is 0.394 e. The van der Waals surface area contributed by atoms with Crippen molar-refractivity contribution < 1.29 is 10.2 Å². The predicted octanol–water partition coefficient (Wildman–Crippen LogP) is 0.662. The third-order valence-corrected chi connectivity index (χ3v) is 4.47. The van der Waals surface area contributed by atoms with Crippen molar-refractivity contribution in [2.45, 2.75) is 32.9 Å². The number of imidazole rings is 1. The number of aliphatic hydroxyl groups excluding tert-OH is 2. The molecular formula is C15H23N5O2. The monoisotopic (exact) mass is 305 g/mol. The van der Waals surface area contributed by atoms with E-state index in [9.17, 15) is 5.11 Å². The molecule has 2 atom stereocenters. The molecule has 7 heteroatoms. The number of hydrogen-bond donors (Lipinski definition) is 2. The van der Waals surface area contributed by atoms with Crippen LogP contribution in [0.3, 0.4) is 0 Å². The lowest BCUT2D eigenvalue weighted by Gasteiger charge is -2.19. The molecule has 0 radical (unpaired) electrons. The van der Waals surface area contributed by atoms with Crippen LogP contribution in [0.25, 0.3) is 11.2 Å². The van der Waals surface area contributed by atoms with Gasteiger partial charge in [-0.05, 0) is 18.3 Å². The quantitative estimate of drug-likeness (QED) is 0.844. The molecule has 1 aliphatic rings. The minimum atomic E-state index is -0.812. The summed E-state index contributed by atoms with van der Waals surface area (Å²) in [5, 5.41) is 18.6. The Labute approximate surface area is 129 Å². The van der Waals surface area contributed by atoms with Gasteiger partial charge in [0.25, 0.3) is 0 Å². The summed E-state index contributed by atoms with van der Waals surface area (Å²) in [6, 6.07) is 0. The fourth-order valence-corrected chi connectivity index (χ4v) is 3.04. The summed E-state index contributed by atoms with van der Waals surface area (Å²) < 4.78 is 1.76. The van der Waals surface area contributed by atoms with Crippen molar-refractivity contribution in [1.29, 1.82) is 0 Å². The van der Waals surface area contributed by atoms with Crippen molar-refractivity contribution >= 4 is 17.0 Å². The van der Waals surface area contributed by atoms with E-state index in [1.807, 2.05) is 0 Å². The summed E-state index contributed by atoms with van der Waals surface area (Å²) in [4.78, 5) is 15.4. The van der Waals surface area contributed by atoms with E-state index in [1.165, 1.54) is 6.42 Å². The SMILES string of the molecule is CC(C)C1CCN(c2ncnc3c2ncn3C[C@H](O)CO)C1. The summed E-state index contributed by atoms with van der Waals surface area (Å²) in [6.07, 6.45) is 3.56. The van der Waals surface area contributed by atoms with Crippen LogP contribution in [-0.4, -0.2) is 55.5 Å². The second-order valence-electron chi connectivity index (χ2n) is 6.34. The van der Waals surface area contributed by atoms with E-state index in [0.717, 1.165) is 24.4 Å². The molecule has 0 bridgehead atoms. The zero-order valence-corrected chi connectivity index (χ0v) is 13.1. The number of nitrogens with zero attached hydrogens (tertiary/aromatic N) is 5. The Balaban J connectivity index is 1.89. The van der Waals surface area contributed by atoms with E-state index in [4.69, 9.17) is 5.11 Å². The maximum Gasteiger partial charge on any atom is 0.165 e. The molecule has 0 saturated carbocycles. The molecule has 3 heterocycles. The van der Waals surface area contributed by atoms with Gasteiger partial charge in [-0.25, -0.2) is 15.0 Å². The molecule has 0 aliphatic carbocycles. The summed E-state index contributed by atoms with van der Waals surface area (Å²) in [5.41, 5.74) is 1.46. The first-order valence-electron chi connectivity index (χ1n) is 7.79. The van der Waals surface area contributed by atoms with Crippen molar-refractivity contribution in [3.05, 3.63) is 12.7 Å². The highest BCUT2D eigenvalue weighted by molar-refractivity contribution is 5.83. The molecule has 22 heavy (non-hydrogen) atoms. The van der Waals surface area contributed by atoms with Crippen LogP contribution < -0.4 is 4.90 Å². The van der Waals surface area contributed by atoms with E-state index in [2.05, 4.69) is 33.7 Å². The van der Waals surface area contributed by atoms with Gasteiger partial charge in [0.05, 0.1) is 25.6 Å². The number of hydrogen-bond acceptors (Lipinski definition) is 6. The molecule has 1 saturated heterocycles. The van der Waals surface area contributed by atoms with Gasteiger partial charge in [0.2, 0.25) is 0 Å². The van der Waals surface area contributed by atoms with Gasteiger partial charge in [-0.15, -0.1) is 0 Å². The van der Waals surface area contributed by atoms with Gasteiger partial charge in [0, 0.05) is 13.1 Å². The highest BCUT2D eigenvalue weighted by Crippen LogP contribution is 2.30. The van der Waals surface area contributed by atoms with E-state index >= 15 is 0 Å². The highest BCUT2D eigenvalue weighted by atomic mass is 16.3. The van der Waals surface area contributed by atoms with Crippen LogP contribution >= 0.6 is 0 Å². The Bertz CT molecular complexity index is 642.